The third kappa shape index (κ3) is 6.15. The summed E-state index contributed by atoms with van der Waals surface area (Å²) >= 11 is 4.56. The van der Waals surface area contributed by atoms with Gasteiger partial charge in [-0.1, -0.05) is 66.2 Å². The molecule has 0 aliphatic heterocycles. The highest BCUT2D eigenvalue weighted by atomic mass is 127. The monoisotopic (exact) mass is 674 g/mol. The van der Waals surface area contributed by atoms with Crippen molar-refractivity contribution in [3.05, 3.63) is 108 Å². The van der Waals surface area contributed by atoms with E-state index in [4.69, 9.17) is 4.74 Å². The van der Waals surface area contributed by atoms with Crippen LogP contribution in [-0.4, -0.2) is 12.1 Å². The van der Waals surface area contributed by atoms with Gasteiger partial charge in [0, 0.05) is 0 Å². The van der Waals surface area contributed by atoms with Crippen LogP contribution in [0.5, 0.6) is 5.75 Å². The summed E-state index contributed by atoms with van der Waals surface area (Å²) < 4.78 is 8.20. The number of benzene rings is 4. The van der Waals surface area contributed by atoms with Crippen molar-refractivity contribution in [2.24, 2.45) is 5.10 Å². The summed E-state index contributed by atoms with van der Waals surface area (Å²) in [5.41, 5.74) is 8.00. The molecule has 4 rings (SSSR count). The zero-order chi connectivity index (χ0) is 24.1. The number of carbonyl (C=O) groups is 1. The quantitative estimate of drug-likeness (QED) is 0.131. The van der Waals surface area contributed by atoms with Gasteiger partial charge in [-0.15, -0.1) is 0 Å². The van der Waals surface area contributed by atoms with Crippen molar-refractivity contribution >= 4 is 68.1 Å². The van der Waals surface area contributed by atoms with Crippen molar-refractivity contribution in [3.8, 4) is 5.75 Å². The van der Waals surface area contributed by atoms with E-state index in [1.807, 2.05) is 50.2 Å². The van der Waals surface area contributed by atoms with Crippen LogP contribution in [0.2, 0.25) is 0 Å². The summed E-state index contributed by atoms with van der Waals surface area (Å²) in [4.78, 5) is 12.3. The molecule has 0 unspecified atom stereocenters. The van der Waals surface area contributed by atoms with E-state index in [1.165, 1.54) is 16.3 Å². The second-order valence-corrected chi connectivity index (χ2v) is 10.5. The number of amides is 1. The summed E-state index contributed by atoms with van der Waals surface area (Å²) in [6.45, 7) is 4.56. The third-order valence-corrected chi connectivity index (χ3v) is 7.13. The van der Waals surface area contributed by atoms with Gasteiger partial charge in [0.05, 0.1) is 19.8 Å². The van der Waals surface area contributed by atoms with Gasteiger partial charge in [-0.3, -0.25) is 4.79 Å². The molecule has 34 heavy (non-hydrogen) atoms. The number of nitrogens with one attached hydrogen (secondary N) is 1. The number of hydrogen-bond donors (Lipinski definition) is 1. The lowest BCUT2D eigenvalue weighted by atomic mass is 10.0. The largest absolute Gasteiger partial charge is 0.487 e. The Morgan fingerprint density at radius 2 is 1.68 bits per heavy atom. The molecule has 6 heteroatoms. The number of carbonyl (C=O) groups excluding carboxylic acids is 1. The Hall–Kier alpha value is -2.46. The van der Waals surface area contributed by atoms with E-state index in [0.29, 0.717) is 13.0 Å². The Bertz CT molecular complexity index is 1350. The van der Waals surface area contributed by atoms with Gasteiger partial charge >= 0.3 is 0 Å². The van der Waals surface area contributed by atoms with Crippen molar-refractivity contribution in [1.29, 1.82) is 0 Å². The predicted octanol–water partition coefficient (Wildman–Crippen LogP) is 6.94. The fourth-order valence-electron chi connectivity index (χ4n) is 3.80. The second kappa shape index (κ2) is 11.3. The van der Waals surface area contributed by atoms with Crippen LogP contribution in [0.15, 0.2) is 77.9 Å². The van der Waals surface area contributed by atoms with Gasteiger partial charge in [0.15, 0.2) is 0 Å². The molecule has 0 saturated heterocycles. The van der Waals surface area contributed by atoms with Crippen molar-refractivity contribution in [3.63, 3.8) is 0 Å². The molecule has 0 aromatic heterocycles. The molecule has 0 heterocycles. The topological polar surface area (TPSA) is 50.7 Å². The van der Waals surface area contributed by atoms with E-state index in [1.54, 1.807) is 6.21 Å². The molecule has 0 bridgehead atoms. The maximum atomic E-state index is 12.3. The Balaban J connectivity index is 1.40. The first-order valence-corrected chi connectivity index (χ1v) is 13.0. The molecule has 1 N–H and O–H groups in total. The van der Waals surface area contributed by atoms with Crippen molar-refractivity contribution in [2.45, 2.75) is 26.9 Å². The Kier molecular flexibility index (Phi) is 8.20. The first kappa shape index (κ1) is 24.7. The molecule has 0 fully saturated rings. The zero-order valence-corrected chi connectivity index (χ0v) is 23.3. The van der Waals surface area contributed by atoms with Crippen molar-refractivity contribution < 1.29 is 9.53 Å². The molecule has 4 nitrogen and oxygen atoms in total. The highest BCUT2D eigenvalue weighted by Gasteiger charge is 2.10. The van der Waals surface area contributed by atoms with Gasteiger partial charge in [-0.05, 0) is 104 Å². The van der Waals surface area contributed by atoms with Gasteiger partial charge in [-0.2, -0.15) is 5.10 Å². The Labute approximate surface area is 227 Å². The van der Waals surface area contributed by atoms with Crippen LogP contribution in [0.4, 0.5) is 0 Å². The molecule has 1 amide bonds. The van der Waals surface area contributed by atoms with Gasteiger partial charge in [0.25, 0.3) is 0 Å². The number of aryl methyl sites for hydroxylation is 2. The SMILES string of the molecule is Cc1ccc(CC(=O)N/N=C/c2cc(I)c(OCc3cccc4ccccc34)c(I)c2)c(C)c1. The van der Waals surface area contributed by atoms with E-state index in [0.717, 1.165) is 35.1 Å². The number of ether oxygens (including phenoxy) is 1. The van der Waals surface area contributed by atoms with E-state index in [9.17, 15) is 4.79 Å². The van der Waals surface area contributed by atoms with Crippen LogP contribution in [0.25, 0.3) is 10.8 Å². The average Bonchev–Trinajstić information content (AvgIpc) is 2.80. The average molecular weight is 674 g/mol. The highest BCUT2D eigenvalue weighted by molar-refractivity contribution is 14.1. The Morgan fingerprint density at radius 1 is 0.941 bits per heavy atom. The number of rotatable bonds is 7. The van der Waals surface area contributed by atoms with Gasteiger partial charge in [0.1, 0.15) is 12.4 Å². The molecule has 0 radical (unpaired) electrons. The number of fused-ring (bicyclic) bond motifs is 1. The lowest BCUT2D eigenvalue weighted by Gasteiger charge is -2.13. The van der Waals surface area contributed by atoms with Crippen molar-refractivity contribution in [2.75, 3.05) is 0 Å². The molecule has 0 aliphatic carbocycles. The summed E-state index contributed by atoms with van der Waals surface area (Å²) in [6, 6.07) is 24.7. The maximum absolute atomic E-state index is 12.3. The van der Waals surface area contributed by atoms with Crippen LogP contribution in [0.3, 0.4) is 0 Å². The summed E-state index contributed by atoms with van der Waals surface area (Å²) in [5.74, 6) is 0.716. The summed E-state index contributed by atoms with van der Waals surface area (Å²) in [7, 11) is 0. The molecular formula is C28H24I2N2O2. The van der Waals surface area contributed by atoms with Crippen LogP contribution in [0, 0.1) is 21.0 Å². The lowest BCUT2D eigenvalue weighted by Crippen LogP contribution is -2.20. The molecule has 0 spiro atoms. The summed E-state index contributed by atoms with van der Waals surface area (Å²) in [6.07, 6.45) is 1.97. The molecular weight excluding hydrogens is 650 g/mol. The Morgan fingerprint density at radius 3 is 2.44 bits per heavy atom. The number of hydrazone groups is 1. The standard InChI is InChI=1S/C28H24I2N2O2/c1-18-10-11-22(19(2)12-18)15-27(33)32-31-16-20-13-25(29)28(26(30)14-20)34-17-23-8-5-7-21-6-3-4-9-24(21)23/h3-14,16H,15,17H2,1-2H3,(H,32,33)/b31-16+. The molecule has 4 aromatic carbocycles. The molecule has 0 saturated carbocycles. The number of halogens is 2. The summed E-state index contributed by atoms with van der Waals surface area (Å²) in [5, 5.41) is 6.56. The van der Waals surface area contributed by atoms with Crippen LogP contribution in [0.1, 0.15) is 27.8 Å². The second-order valence-electron chi connectivity index (χ2n) is 8.14. The normalized spacial score (nSPS) is 11.2. The molecule has 172 valence electrons. The first-order chi connectivity index (χ1) is 16.4. The minimum absolute atomic E-state index is 0.136. The minimum atomic E-state index is -0.136. The maximum Gasteiger partial charge on any atom is 0.244 e. The van der Waals surface area contributed by atoms with Crippen LogP contribution >= 0.6 is 45.2 Å². The van der Waals surface area contributed by atoms with E-state index in [-0.39, 0.29) is 5.91 Å². The molecule has 4 aromatic rings. The van der Waals surface area contributed by atoms with Gasteiger partial charge in [0.2, 0.25) is 5.91 Å². The van der Waals surface area contributed by atoms with Gasteiger partial charge in [-0.25, -0.2) is 5.43 Å². The van der Waals surface area contributed by atoms with Gasteiger partial charge < -0.3 is 4.74 Å². The molecule has 0 aliphatic rings. The predicted molar refractivity (Wildman–Crippen MR) is 156 cm³/mol. The van der Waals surface area contributed by atoms with E-state index >= 15 is 0 Å². The fourth-order valence-corrected chi connectivity index (χ4v) is 5.92. The first-order valence-electron chi connectivity index (χ1n) is 10.9. The molecule has 0 atom stereocenters. The number of nitrogens with zero attached hydrogens (tertiary/aromatic N) is 1. The smallest absolute Gasteiger partial charge is 0.244 e. The zero-order valence-electron chi connectivity index (χ0n) is 18.9. The van der Waals surface area contributed by atoms with E-state index in [2.05, 4.69) is 92.1 Å². The highest BCUT2D eigenvalue weighted by Crippen LogP contribution is 2.30. The lowest BCUT2D eigenvalue weighted by molar-refractivity contribution is -0.120. The van der Waals surface area contributed by atoms with Crippen molar-refractivity contribution in [1.82, 2.24) is 5.43 Å². The van der Waals surface area contributed by atoms with Crippen LogP contribution < -0.4 is 10.2 Å². The minimum Gasteiger partial charge on any atom is -0.487 e. The third-order valence-electron chi connectivity index (χ3n) is 5.52. The van der Waals surface area contributed by atoms with E-state index < -0.39 is 0 Å². The van der Waals surface area contributed by atoms with Crippen LogP contribution in [-0.2, 0) is 17.8 Å². The fraction of sp³-hybridized carbons (Fsp3) is 0.143. The number of hydrogen-bond acceptors (Lipinski definition) is 3.